The molecule has 0 bridgehead atoms. The number of ether oxygens (including phenoxy) is 1. The molecule has 1 atom stereocenters. The first kappa shape index (κ1) is 15.9. The van der Waals surface area contributed by atoms with E-state index in [9.17, 15) is 13.2 Å². The first-order valence-electron chi connectivity index (χ1n) is 5.70. The molecule has 0 heterocycles. The number of aryl methyl sites for hydroxylation is 1. The van der Waals surface area contributed by atoms with Gasteiger partial charge in [-0.15, -0.1) is 0 Å². The lowest BCUT2D eigenvalue weighted by atomic mass is 10.1. The van der Waals surface area contributed by atoms with Crippen LogP contribution in [0, 0.1) is 6.92 Å². The molecule has 0 amide bonds. The molecule has 0 aliphatic rings. The van der Waals surface area contributed by atoms with Crippen molar-refractivity contribution < 1.29 is 17.9 Å². The van der Waals surface area contributed by atoms with Gasteiger partial charge >= 0.3 is 5.97 Å². The summed E-state index contributed by atoms with van der Waals surface area (Å²) >= 11 is 5.88. The lowest BCUT2D eigenvalue weighted by Gasteiger charge is -2.12. The molecule has 0 saturated heterocycles. The van der Waals surface area contributed by atoms with Gasteiger partial charge in [-0.3, -0.25) is 0 Å². The van der Waals surface area contributed by atoms with Crippen molar-refractivity contribution in [3.05, 3.63) is 28.3 Å². The van der Waals surface area contributed by atoms with Crippen molar-refractivity contribution in [2.45, 2.75) is 38.2 Å². The second-order valence-corrected chi connectivity index (χ2v) is 6.18. The van der Waals surface area contributed by atoms with E-state index in [0.717, 1.165) is 6.07 Å². The van der Waals surface area contributed by atoms with Gasteiger partial charge < -0.3 is 4.74 Å². The Morgan fingerprint density at radius 1 is 1.47 bits per heavy atom. The summed E-state index contributed by atoms with van der Waals surface area (Å²) in [5.41, 5.74) is 0.565. The molecule has 0 aliphatic heterocycles. The van der Waals surface area contributed by atoms with Crippen LogP contribution in [-0.4, -0.2) is 20.5 Å². The van der Waals surface area contributed by atoms with E-state index < -0.39 is 16.0 Å². The first-order valence-corrected chi connectivity index (χ1v) is 7.63. The van der Waals surface area contributed by atoms with E-state index in [1.54, 1.807) is 13.8 Å². The number of nitrogens with two attached hydrogens (primary N) is 1. The normalized spacial score (nSPS) is 13.1. The summed E-state index contributed by atoms with van der Waals surface area (Å²) in [5, 5.41) is 5.07. The highest BCUT2D eigenvalue weighted by atomic mass is 35.5. The van der Waals surface area contributed by atoms with Crippen LogP contribution < -0.4 is 5.14 Å². The van der Waals surface area contributed by atoms with E-state index in [1.807, 2.05) is 6.92 Å². The quantitative estimate of drug-likeness (QED) is 0.864. The lowest BCUT2D eigenvalue weighted by molar-refractivity contribution is 0.0334. The van der Waals surface area contributed by atoms with Crippen molar-refractivity contribution in [1.82, 2.24) is 0 Å². The number of hydrogen-bond acceptors (Lipinski definition) is 4. The fourth-order valence-corrected chi connectivity index (χ4v) is 2.53. The van der Waals surface area contributed by atoms with Crippen molar-refractivity contribution >= 4 is 27.6 Å². The highest BCUT2D eigenvalue weighted by molar-refractivity contribution is 7.89. The van der Waals surface area contributed by atoms with Crippen LogP contribution in [0.3, 0.4) is 0 Å². The smallest absolute Gasteiger partial charge is 0.338 e. The zero-order valence-electron chi connectivity index (χ0n) is 10.9. The molecule has 7 heteroatoms. The maximum atomic E-state index is 11.9. The van der Waals surface area contributed by atoms with Gasteiger partial charge in [0.25, 0.3) is 0 Å². The molecule has 1 aromatic carbocycles. The van der Waals surface area contributed by atoms with E-state index in [4.69, 9.17) is 21.5 Å². The monoisotopic (exact) mass is 305 g/mol. The van der Waals surface area contributed by atoms with Gasteiger partial charge in [0, 0.05) is 0 Å². The fourth-order valence-electron chi connectivity index (χ4n) is 1.40. The Labute approximate surface area is 117 Å². The number of carbonyl (C=O) groups excluding carboxylic acids is 1. The maximum absolute atomic E-state index is 11.9. The van der Waals surface area contributed by atoms with E-state index in [1.165, 1.54) is 6.07 Å². The summed E-state index contributed by atoms with van der Waals surface area (Å²) in [6.07, 6.45) is 0.418. The molecular formula is C12H16ClNO4S. The predicted molar refractivity (Wildman–Crippen MR) is 72.7 cm³/mol. The third-order valence-corrected chi connectivity index (χ3v) is 4.20. The van der Waals surface area contributed by atoms with E-state index >= 15 is 0 Å². The molecule has 0 spiro atoms. The number of halogens is 1. The Morgan fingerprint density at radius 3 is 2.53 bits per heavy atom. The molecular weight excluding hydrogens is 290 g/mol. The largest absolute Gasteiger partial charge is 0.459 e. The molecule has 106 valence electrons. The average molecular weight is 306 g/mol. The van der Waals surface area contributed by atoms with Crippen LogP contribution in [0.15, 0.2) is 17.0 Å². The standard InChI is InChI=1S/C12H16ClNO4S/c1-4-8(3)18-12(15)9-5-7(2)11(13)10(6-9)19(14,16)17/h5-6,8H,4H2,1-3H3,(H2,14,16,17). The molecule has 1 unspecified atom stereocenters. The summed E-state index contributed by atoms with van der Waals surface area (Å²) in [7, 11) is -3.99. The summed E-state index contributed by atoms with van der Waals surface area (Å²) in [5.74, 6) is -0.598. The highest BCUT2D eigenvalue weighted by Gasteiger charge is 2.20. The molecule has 0 saturated carbocycles. The second-order valence-electron chi connectivity index (χ2n) is 4.27. The summed E-state index contributed by atoms with van der Waals surface area (Å²) in [6.45, 7) is 5.22. The van der Waals surface area contributed by atoms with Crippen molar-refractivity contribution in [1.29, 1.82) is 0 Å². The minimum absolute atomic E-state index is 0.0163. The number of rotatable bonds is 4. The highest BCUT2D eigenvalue weighted by Crippen LogP contribution is 2.26. The van der Waals surface area contributed by atoms with Gasteiger partial charge in [0.15, 0.2) is 0 Å². The molecule has 0 radical (unpaired) electrons. The SMILES string of the molecule is CCC(C)OC(=O)c1cc(C)c(Cl)c(S(N)(=O)=O)c1. The third-order valence-electron chi connectivity index (χ3n) is 2.65. The summed E-state index contributed by atoms with van der Waals surface area (Å²) < 4.78 is 27.9. The Hall–Kier alpha value is -1.11. The molecule has 0 aromatic heterocycles. The average Bonchev–Trinajstić information content (AvgIpc) is 2.30. The van der Waals surface area contributed by atoms with Crippen LogP contribution in [0.5, 0.6) is 0 Å². The molecule has 0 fully saturated rings. The van der Waals surface area contributed by atoms with Crippen LogP contribution in [-0.2, 0) is 14.8 Å². The predicted octanol–water partition coefficient (Wildman–Crippen LogP) is 2.25. The minimum Gasteiger partial charge on any atom is -0.459 e. The van der Waals surface area contributed by atoms with Crippen molar-refractivity contribution in [2.75, 3.05) is 0 Å². The third kappa shape index (κ3) is 3.92. The number of esters is 1. The minimum atomic E-state index is -3.99. The van der Waals surface area contributed by atoms with Crippen molar-refractivity contribution in [3.63, 3.8) is 0 Å². The number of primary sulfonamides is 1. The van der Waals surface area contributed by atoms with Gasteiger partial charge in [-0.2, -0.15) is 0 Å². The Morgan fingerprint density at radius 2 is 2.05 bits per heavy atom. The van der Waals surface area contributed by atoms with Crippen LogP contribution in [0.2, 0.25) is 5.02 Å². The molecule has 0 aliphatic carbocycles. The van der Waals surface area contributed by atoms with Crippen LogP contribution in [0.25, 0.3) is 0 Å². The fraction of sp³-hybridized carbons (Fsp3) is 0.417. The Balaban J connectivity index is 3.25. The first-order chi connectivity index (χ1) is 8.66. The van der Waals surface area contributed by atoms with E-state index in [-0.39, 0.29) is 21.6 Å². The number of sulfonamides is 1. The number of benzene rings is 1. The molecule has 1 aromatic rings. The van der Waals surface area contributed by atoms with E-state index in [0.29, 0.717) is 12.0 Å². The second kappa shape index (κ2) is 5.90. The van der Waals surface area contributed by atoms with Gasteiger partial charge in [-0.25, -0.2) is 18.4 Å². The number of hydrogen-bond donors (Lipinski definition) is 1. The molecule has 1 rings (SSSR count). The summed E-state index contributed by atoms with van der Waals surface area (Å²) in [4.78, 5) is 11.6. The van der Waals surface area contributed by atoms with E-state index in [2.05, 4.69) is 0 Å². The molecule has 19 heavy (non-hydrogen) atoms. The topological polar surface area (TPSA) is 86.5 Å². The zero-order chi connectivity index (χ0) is 14.8. The molecule has 5 nitrogen and oxygen atoms in total. The Kier molecular flexibility index (Phi) is 4.95. The van der Waals surface area contributed by atoms with Gasteiger partial charge in [-0.1, -0.05) is 18.5 Å². The van der Waals surface area contributed by atoms with Crippen LogP contribution in [0.1, 0.15) is 36.2 Å². The van der Waals surface area contributed by atoms with Crippen molar-refractivity contribution in [2.24, 2.45) is 5.14 Å². The number of carbonyl (C=O) groups is 1. The lowest BCUT2D eigenvalue weighted by Crippen LogP contribution is -2.17. The van der Waals surface area contributed by atoms with Gasteiger partial charge in [0.1, 0.15) is 4.90 Å². The summed E-state index contributed by atoms with van der Waals surface area (Å²) in [6, 6.07) is 2.61. The maximum Gasteiger partial charge on any atom is 0.338 e. The van der Waals surface area contributed by atoms with Gasteiger partial charge in [-0.05, 0) is 38.0 Å². The van der Waals surface area contributed by atoms with Gasteiger partial charge in [0.05, 0.1) is 16.7 Å². The Bertz CT molecular complexity index is 598. The van der Waals surface area contributed by atoms with Crippen molar-refractivity contribution in [3.8, 4) is 0 Å². The van der Waals surface area contributed by atoms with Crippen LogP contribution >= 0.6 is 11.6 Å². The van der Waals surface area contributed by atoms with Crippen LogP contribution in [0.4, 0.5) is 0 Å². The zero-order valence-corrected chi connectivity index (χ0v) is 12.5. The van der Waals surface area contributed by atoms with Gasteiger partial charge in [0.2, 0.25) is 10.0 Å². The molecule has 2 N–H and O–H groups in total.